The average molecular weight is 218 g/mol. The highest BCUT2D eigenvalue weighted by molar-refractivity contribution is 5.95. The van der Waals surface area contributed by atoms with Crippen molar-refractivity contribution in [2.24, 2.45) is 0 Å². The second kappa shape index (κ2) is 3.96. The molecule has 16 heavy (non-hydrogen) atoms. The second-order valence-electron chi connectivity index (χ2n) is 4.06. The summed E-state index contributed by atoms with van der Waals surface area (Å²) >= 11 is 0. The third-order valence-corrected chi connectivity index (χ3v) is 2.70. The predicted molar refractivity (Wildman–Crippen MR) is 61.1 cm³/mol. The molecule has 1 N–H and O–H groups in total. The highest BCUT2D eigenvalue weighted by atomic mass is 16.2. The third kappa shape index (κ3) is 1.91. The van der Waals surface area contributed by atoms with Gasteiger partial charge in [-0.1, -0.05) is 12.1 Å². The summed E-state index contributed by atoms with van der Waals surface area (Å²) < 4.78 is 0. The van der Waals surface area contributed by atoms with Gasteiger partial charge in [-0.25, -0.2) is 0 Å². The monoisotopic (exact) mass is 218 g/mol. The lowest BCUT2D eigenvalue weighted by molar-refractivity contribution is -0.119. The van der Waals surface area contributed by atoms with Crippen LogP contribution in [0.15, 0.2) is 24.3 Å². The van der Waals surface area contributed by atoms with Crippen molar-refractivity contribution in [3.63, 3.8) is 0 Å². The van der Waals surface area contributed by atoms with Gasteiger partial charge in [-0.05, 0) is 26.0 Å². The molecular weight excluding hydrogens is 204 g/mol. The van der Waals surface area contributed by atoms with Gasteiger partial charge in [0.05, 0.1) is 18.2 Å². The van der Waals surface area contributed by atoms with E-state index in [9.17, 15) is 9.59 Å². The van der Waals surface area contributed by atoms with Crippen LogP contribution in [-0.2, 0) is 4.79 Å². The maximum absolute atomic E-state index is 11.3. The lowest BCUT2D eigenvalue weighted by atomic mass is 10.1. The summed E-state index contributed by atoms with van der Waals surface area (Å²) in [6.45, 7) is 3.50. The van der Waals surface area contributed by atoms with Gasteiger partial charge >= 0.3 is 0 Å². The molecule has 0 bridgehead atoms. The first-order valence-corrected chi connectivity index (χ1v) is 5.27. The van der Waals surface area contributed by atoms with Crippen molar-refractivity contribution < 1.29 is 9.59 Å². The highest BCUT2D eigenvalue weighted by Gasteiger charge is 2.26. The van der Waals surface area contributed by atoms with Crippen LogP contribution in [0.1, 0.15) is 30.6 Å². The van der Waals surface area contributed by atoms with Crippen molar-refractivity contribution in [3.05, 3.63) is 29.8 Å². The standard InChI is InChI=1S/C12H14N2O2/c1-8-6-12(16)13-14(8)11-5-3-4-10(7-11)9(2)15/h3-5,7-8H,6H2,1-2H3,(H,13,16). The first-order valence-electron chi connectivity index (χ1n) is 5.27. The smallest absolute Gasteiger partial charge is 0.240 e. The molecule has 1 amide bonds. The van der Waals surface area contributed by atoms with E-state index in [0.717, 1.165) is 5.69 Å². The van der Waals surface area contributed by atoms with E-state index in [1.54, 1.807) is 17.1 Å². The topological polar surface area (TPSA) is 49.4 Å². The van der Waals surface area contributed by atoms with Crippen LogP contribution in [0.4, 0.5) is 5.69 Å². The first-order chi connectivity index (χ1) is 7.58. The van der Waals surface area contributed by atoms with Gasteiger partial charge in [0.25, 0.3) is 0 Å². The molecule has 4 nitrogen and oxygen atoms in total. The van der Waals surface area contributed by atoms with E-state index >= 15 is 0 Å². The first kappa shape index (κ1) is 10.7. The molecule has 0 spiro atoms. The predicted octanol–water partition coefficient (Wildman–Crippen LogP) is 1.52. The van der Waals surface area contributed by atoms with Crippen molar-refractivity contribution >= 4 is 17.4 Å². The number of anilines is 1. The van der Waals surface area contributed by atoms with E-state index < -0.39 is 0 Å². The Morgan fingerprint density at radius 1 is 1.50 bits per heavy atom. The van der Waals surface area contributed by atoms with Crippen LogP contribution in [0.2, 0.25) is 0 Å². The van der Waals surface area contributed by atoms with Gasteiger partial charge < -0.3 is 0 Å². The van der Waals surface area contributed by atoms with Gasteiger partial charge in [-0.2, -0.15) is 0 Å². The van der Waals surface area contributed by atoms with E-state index in [1.165, 1.54) is 6.92 Å². The van der Waals surface area contributed by atoms with Crippen molar-refractivity contribution in [3.8, 4) is 0 Å². The fourth-order valence-electron chi connectivity index (χ4n) is 1.84. The summed E-state index contributed by atoms with van der Waals surface area (Å²) in [4.78, 5) is 22.5. The zero-order valence-corrected chi connectivity index (χ0v) is 9.36. The molecule has 4 heteroatoms. The largest absolute Gasteiger partial charge is 0.295 e. The van der Waals surface area contributed by atoms with E-state index in [4.69, 9.17) is 0 Å². The Bertz CT molecular complexity index is 442. The SMILES string of the molecule is CC(=O)c1cccc(N2NC(=O)CC2C)c1. The van der Waals surface area contributed by atoms with Gasteiger partial charge in [0.15, 0.2) is 5.78 Å². The molecule has 1 unspecified atom stereocenters. The molecular formula is C12H14N2O2. The molecule has 0 aromatic heterocycles. The van der Waals surface area contributed by atoms with E-state index in [-0.39, 0.29) is 17.7 Å². The van der Waals surface area contributed by atoms with Crippen molar-refractivity contribution in [2.45, 2.75) is 26.3 Å². The van der Waals surface area contributed by atoms with E-state index in [1.807, 2.05) is 19.1 Å². The van der Waals surface area contributed by atoms with E-state index in [0.29, 0.717) is 12.0 Å². The van der Waals surface area contributed by atoms with E-state index in [2.05, 4.69) is 5.43 Å². The molecule has 0 radical (unpaired) electrons. The third-order valence-electron chi connectivity index (χ3n) is 2.70. The molecule has 0 aliphatic carbocycles. The Balaban J connectivity index is 2.30. The van der Waals surface area contributed by atoms with Crippen LogP contribution >= 0.6 is 0 Å². The Labute approximate surface area is 94.2 Å². The minimum absolute atomic E-state index is 0.0146. The van der Waals surface area contributed by atoms with Crippen molar-refractivity contribution in [2.75, 3.05) is 5.01 Å². The number of hydrazine groups is 1. The van der Waals surface area contributed by atoms with Gasteiger partial charge in [0, 0.05) is 5.56 Å². The van der Waals surface area contributed by atoms with Crippen molar-refractivity contribution in [1.29, 1.82) is 0 Å². The zero-order chi connectivity index (χ0) is 11.7. The Morgan fingerprint density at radius 3 is 2.81 bits per heavy atom. The number of carbonyl (C=O) groups is 2. The number of rotatable bonds is 2. The molecule has 2 rings (SSSR count). The number of carbonyl (C=O) groups excluding carboxylic acids is 2. The summed E-state index contributed by atoms with van der Waals surface area (Å²) in [5.41, 5.74) is 4.28. The van der Waals surface area contributed by atoms with Crippen LogP contribution in [0.5, 0.6) is 0 Å². The molecule has 1 saturated heterocycles. The van der Waals surface area contributed by atoms with Crippen LogP contribution in [0.3, 0.4) is 0 Å². The number of hydrogen-bond acceptors (Lipinski definition) is 3. The minimum Gasteiger partial charge on any atom is -0.295 e. The van der Waals surface area contributed by atoms with Crippen LogP contribution in [0.25, 0.3) is 0 Å². The summed E-state index contributed by atoms with van der Waals surface area (Å²) in [6.07, 6.45) is 0.490. The number of nitrogens with one attached hydrogen (secondary N) is 1. The summed E-state index contributed by atoms with van der Waals surface area (Å²) in [5.74, 6) is 0.0424. The molecule has 1 fully saturated rings. The normalized spacial score (nSPS) is 19.8. The lowest BCUT2D eigenvalue weighted by Gasteiger charge is -2.22. The number of ketones is 1. The number of hydrogen-bond donors (Lipinski definition) is 1. The molecule has 1 atom stereocenters. The molecule has 0 saturated carbocycles. The Hall–Kier alpha value is -1.84. The van der Waals surface area contributed by atoms with Gasteiger partial charge in [-0.3, -0.25) is 20.0 Å². The fourth-order valence-corrected chi connectivity index (χ4v) is 1.84. The fraction of sp³-hybridized carbons (Fsp3) is 0.333. The maximum atomic E-state index is 11.3. The number of benzene rings is 1. The maximum Gasteiger partial charge on any atom is 0.240 e. The molecule has 1 aromatic rings. The van der Waals surface area contributed by atoms with Crippen LogP contribution < -0.4 is 10.4 Å². The highest BCUT2D eigenvalue weighted by Crippen LogP contribution is 2.21. The van der Waals surface area contributed by atoms with Gasteiger partial charge in [-0.15, -0.1) is 0 Å². The second-order valence-corrected chi connectivity index (χ2v) is 4.06. The molecule has 1 aromatic carbocycles. The molecule has 1 heterocycles. The average Bonchev–Trinajstić information content (AvgIpc) is 2.58. The molecule has 84 valence electrons. The molecule has 1 aliphatic rings. The molecule has 1 aliphatic heterocycles. The zero-order valence-electron chi connectivity index (χ0n) is 9.36. The summed E-state index contributed by atoms with van der Waals surface area (Å²) in [6, 6.07) is 7.39. The Morgan fingerprint density at radius 2 is 2.25 bits per heavy atom. The summed E-state index contributed by atoms with van der Waals surface area (Å²) in [7, 11) is 0. The van der Waals surface area contributed by atoms with Crippen LogP contribution in [0, 0.1) is 0 Å². The van der Waals surface area contributed by atoms with Crippen molar-refractivity contribution in [1.82, 2.24) is 5.43 Å². The quantitative estimate of drug-likeness (QED) is 0.766. The van der Waals surface area contributed by atoms with Gasteiger partial charge in [0.1, 0.15) is 0 Å². The summed E-state index contributed by atoms with van der Waals surface area (Å²) in [5, 5.41) is 1.80. The number of amides is 1. The lowest BCUT2D eigenvalue weighted by Crippen LogP contribution is -2.37. The Kier molecular flexibility index (Phi) is 2.64. The van der Waals surface area contributed by atoms with Crippen LogP contribution in [-0.4, -0.2) is 17.7 Å². The number of nitrogens with zero attached hydrogens (tertiary/aromatic N) is 1. The minimum atomic E-state index is 0.0146. The van der Waals surface area contributed by atoms with Gasteiger partial charge in [0.2, 0.25) is 5.91 Å². The number of Topliss-reactive ketones (excluding diaryl/α,β-unsaturated/α-hetero) is 1.